The van der Waals surface area contributed by atoms with Crippen LogP contribution in [-0.2, 0) is 22.2 Å². The van der Waals surface area contributed by atoms with Crippen molar-refractivity contribution in [1.29, 1.82) is 5.26 Å². The summed E-state index contributed by atoms with van der Waals surface area (Å²) in [5.41, 5.74) is 1.16. The zero-order valence-corrected chi connectivity index (χ0v) is 11.6. The number of nitrogens with one attached hydrogen (secondary N) is 1. The Labute approximate surface area is 117 Å². The molecule has 0 atom stereocenters. The molecule has 6 heteroatoms. The van der Waals surface area contributed by atoms with Crippen LogP contribution in [0.2, 0.25) is 0 Å². The highest BCUT2D eigenvalue weighted by Gasteiger charge is 2.11. The van der Waals surface area contributed by atoms with Gasteiger partial charge in [-0.25, -0.2) is 13.1 Å². The summed E-state index contributed by atoms with van der Waals surface area (Å²) >= 11 is 0. The van der Waals surface area contributed by atoms with Gasteiger partial charge in [-0.3, -0.25) is 0 Å². The second kappa shape index (κ2) is 6.37. The topological polar surface area (TPSA) is 83.1 Å². The highest BCUT2D eigenvalue weighted by atomic mass is 32.2. The van der Waals surface area contributed by atoms with Gasteiger partial charge in [0.25, 0.3) is 0 Å². The van der Waals surface area contributed by atoms with E-state index in [0.29, 0.717) is 24.1 Å². The lowest BCUT2D eigenvalue weighted by Crippen LogP contribution is -2.27. The number of rotatable bonds is 6. The van der Waals surface area contributed by atoms with Crippen LogP contribution in [0.25, 0.3) is 0 Å². The van der Waals surface area contributed by atoms with Gasteiger partial charge in [-0.1, -0.05) is 12.1 Å². The summed E-state index contributed by atoms with van der Waals surface area (Å²) in [5, 5.41) is 8.68. The summed E-state index contributed by atoms with van der Waals surface area (Å²) in [6.45, 7) is 0.298. The Morgan fingerprint density at radius 1 is 1.20 bits per heavy atom. The highest BCUT2D eigenvalue weighted by molar-refractivity contribution is 7.88. The van der Waals surface area contributed by atoms with Crippen LogP contribution >= 0.6 is 0 Å². The average Bonchev–Trinajstić information content (AvgIpc) is 2.92. The zero-order valence-electron chi connectivity index (χ0n) is 10.7. The molecular formula is C14H14N2O3S. The van der Waals surface area contributed by atoms with Crippen LogP contribution in [-0.4, -0.2) is 15.0 Å². The van der Waals surface area contributed by atoms with Crippen LogP contribution < -0.4 is 4.72 Å². The molecule has 5 nitrogen and oxygen atoms in total. The lowest BCUT2D eigenvalue weighted by molar-refractivity contribution is 0.506. The van der Waals surface area contributed by atoms with Crippen molar-refractivity contribution in [3.63, 3.8) is 0 Å². The van der Waals surface area contributed by atoms with Gasteiger partial charge in [0.05, 0.1) is 23.6 Å². The Bertz CT molecular complexity index is 683. The molecule has 104 valence electrons. The molecule has 0 aliphatic rings. The largest absolute Gasteiger partial charge is 0.469 e. The molecule has 0 saturated carbocycles. The van der Waals surface area contributed by atoms with Crippen molar-refractivity contribution in [2.24, 2.45) is 0 Å². The van der Waals surface area contributed by atoms with Gasteiger partial charge in [-0.05, 0) is 29.8 Å². The molecule has 1 aromatic heterocycles. The minimum atomic E-state index is -3.38. The minimum absolute atomic E-state index is 0.100. The first kappa shape index (κ1) is 14.3. The van der Waals surface area contributed by atoms with Crippen molar-refractivity contribution in [2.45, 2.75) is 12.2 Å². The summed E-state index contributed by atoms with van der Waals surface area (Å²) < 4.78 is 31.4. The molecule has 0 aliphatic carbocycles. The maximum absolute atomic E-state index is 11.9. The number of hydrogen-bond donors (Lipinski definition) is 1. The summed E-state index contributed by atoms with van der Waals surface area (Å²) in [4.78, 5) is 0. The fourth-order valence-electron chi connectivity index (χ4n) is 1.73. The second-order valence-corrected chi connectivity index (χ2v) is 6.10. The van der Waals surface area contributed by atoms with Crippen LogP contribution in [0, 0.1) is 11.3 Å². The van der Waals surface area contributed by atoms with Gasteiger partial charge in [0.15, 0.2) is 0 Å². The maximum atomic E-state index is 11.9. The van der Waals surface area contributed by atoms with Crippen LogP contribution in [0.1, 0.15) is 16.9 Å². The number of furan rings is 1. The smallest absolute Gasteiger partial charge is 0.215 e. The summed E-state index contributed by atoms with van der Waals surface area (Å²) in [5.74, 6) is 0.641. The first-order valence-corrected chi connectivity index (χ1v) is 7.73. The van der Waals surface area contributed by atoms with Crippen LogP contribution in [0.15, 0.2) is 47.1 Å². The van der Waals surface area contributed by atoms with E-state index in [1.165, 1.54) is 0 Å². The van der Waals surface area contributed by atoms with Crippen LogP contribution in [0.3, 0.4) is 0 Å². The lowest BCUT2D eigenvalue weighted by atomic mass is 10.2. The van der Waals surface area contributed by atoms with E-state index in [1.807, 2.05) is 6.07 Å². The predicted molar refractivity (Wildman–Crippen MR) is 74.2 cm³/mol. The van der Waals surface area contributed by atoms with Gasteiger partial charge in [0.2, 0.25) is 10.0 Å². The van der Waals surface area contributed by atoms with Gasteiger partial charge in [0.1, 0.15) is 5.76 Å². The monoisotopic (exact) mass is 290 g/mol. The molecule has 0 radical (unpaired) electrons. The fraction of sp³-hybridized carbons (Fsp3) is 0.214. The minimum Gasteiger partial charge on any atom is -0.469 e. The van der Waals surface area contributed by atoms with Crippen molar-refractivity contribution in [2.75, 3.05) is 6.54 Å². The third-order valence-corrected chi connectivity index (χ3v) is 4.07. The molecule has 0 spiro atoms. The first-order chi connectivity index (χ1) is 9.59. The van der Waals surface area contributed by atoms with E-state index < -0.39 is 10.0 Å². The van der Waals surface area contributed by atoms with E-state index in [9.17, 15) is 8.42 Å². The van der Waals surface area contributed by atoms with Crippen molar-refractivity contribution in [3.8, 4) is 6.07 Å². The van der Waals surface area contributed by atoms with Gasteiger partial charge in [0, 0.05) is 13.0 Å². The number of sulfonamides is 1. The molecule has 1 heterocycles. The molecule has 0 unspecified atom stereocenters. The molecule has 1 aromatic carbocycles. The lowest BCUT2D eigenvalue weighted by Gasteiger charge is -2.06. The molecule has 2 aromatic rings. The first-order valence-electron chi connectivity index (χ1n) is 6.08. The molecule has 2 rings (SSSR count). The Morgan fingerprint density at radius 3 is 2.55 bits per heavy atom. The van der Waals surface area contributed by atoms with Crippen molar-refractivity contribution < 1.29 is 12.8 Å². The number of nitrogens with zero attached hydrogens (tertiary/aromatic N) is 1. The maximum Gasteiger partial charge on any atom is 0.215 e. The molecule has 0 saturated heterocycles. The van der Waals surface area contributed by atoms with E-state index in [-0.39, 0.29) is 5.75 Å². The molecule has 0 amide bonds. The predicted octanol–water partition coefficient (Wildman–Crippen LogP) is 1.81. The number of nitriles is 1. The Kier molecular flexibility index (Phi) is 4.56. The van der Waals surface area contributed by atoms with E-state index in [2.05, 4.69) is 4.72 Å². The van der Waals surface area contributed by atoms with E-state index in [0.717, 1.165) is 5.76 Å². The third kappa shape index (κ3) is 4.23. The quantitative estimate of drug-likeness (QED) is 0.879. The molecule has 0 bridgehead atoms. The molecule has 0 fully saturated rings. The van der Waals surface area contributed by atoms with E-state index >= 15 is 0 Å². The van der Waals surface area contributed by atoms with E-state index in [4.69, 9.17) is 9.68 Å². The molecular weight excluding hydrogens is 276 g/mol. The number of hydrogen-bond acceptors (Lipinski definition) is 4. The fourth-order valence-corrected chi connectivity index (χ4v) is 2.88. The van der Waals surface area contributed by atoms with Gasteiger partial charge < -0.3 is 4.42 Å². The standard InChI is InChI=1S/C14H14N2O3S/c15-10-12-3-5-13(6-4-12)11-20(17,18)16-8-7-14-2-1-9-19-14/h1-6,9,16H,7-8,11H2. The molecule has 1 N–H and O–H groups in total. The SMILES string of the molecule is N#Cc1ccc(CS(=O)(=O)NCCc2ccco2)cc1. The van der Waals surface area contributed by atoms with Crippen molar-refractivity contribution in [3.05, 3.63) is 59.5 Å². The van der Waals surface area contributed by atoms with Gasteiger partial charge in [-0.15, -0.1) is 0 Å². The Morgan fingerprint density at radius 2 is 1.95 bits per heavy atom. The van der Waals surface area contributed by atoms with Crippen molar-refractivity contribution in [1.82, 2.24) is 4.72 Å². The van der Waals surface area contributed by atoms with E-state index in [1.54, 1.807) is 42.7 Å². The normalized spacial score (nSPS) is 11.2. The number of benzene rings is 1. The third-order valence-electron chi connectivity index (χ3n) is 2.71. The van der Waals surface area contributed by atoms with Crippen LogP contribution in [0.5, 0.6) is 0 Å². The summed E-state index contributed by atoms with van der Waals surface area (Å²) in [6, 6.07) is 12.1. The highest BCUT2D eigenvalue weighted by Crippen LogP contribution is 2.07. The second-order valence-electron chi connectivity index (χ2n) is 4.29. The van der Waals surface area contributed by atoms with Crippen molar-refractivity contribution >= 4 is 10.0 Å². The zero-order chi connectivity index (χ0) is 14.4. The van der Waals surface area contributed by atoms with Gasteiger partial charge >= 0.3 is 0 Å². The molecule has 20 heavy (non-hydrogen) atoms. The average molecular weight is 290 g/mol. The summed E-state index contributed by atoms with van der Waals surface area (Å²) in [7, 11) is -3.38. The Hall–Kier alpha value is -2.10. The molecule has 0 aliphatic heterocycles. The summed E-state index contributed by atoms with van der Waals surface area (Å²) in [6.07, 6.45) is 2.07. The van der Waals surface area contributed by atoms with Gasteiger partial charge in [-0.2, -0.15) is 5.26 Å². The Balaban J connectivity index is 1.88. The van der Waals surface area contributed by atoms with Crippen LogP contribution in [0.4, 0.5) is 0 Å².